The summed E-state index contributed by atoms with van der Waals surface area (Å²) in [5.74, 6) is -0.189. The van der Waals surface area contributed by atoms with E-state index in [1.54, 1.807) is 24.3 Å². The van der Waals surface area contributed by atoms with Gasteiger partial charge in [0.25, 0.3) is 5.91 Å². The van der Waals surface area contributed by atoms with E-state index in [9.17, 15) is 4.79 Å². The highest BCUT2D eigenvalue weighted by molar-refractivity contribution is 6.33. The van der Waals surface area contributed by atoms with Crippen LogP contribution in [-0.4, -0.2) is 11.9 Å². The summed E-state index contributed by atoms with van der Waals surface area (Å²) in [5, 5.41) is 3.18. The molecule has 0 aromatic heterocycles. The van der Waals surface area contributed by atoms with Crippen molar-refractivity contribution in [3.8, 4) is 0 Å². The van der Waals surface area contributed by atoms with Crippen molar-refractivity contribution in [2.75, 3.05) is 5.73 Å². The Morgan fingerprint density at radius 1 is 1.67 bits per heavy atom. The lowest BCUT2D eigenvalue weighted by molar-refractivity contribution is 0.0947. The van der Waals surface area contributed by atoms with Crippen molar-refractivity contribution in [3.63, 3.8) is 0 Å². The van der Waals surface area contributed by atoms with Gasteiger partial charge < -0.3 is 11.1 Å². The molecule has 15 heavy (non-hydrogen) atoms. The average molecular weight is 225 g/mol. The SMILES string of the molecule is C=CC(C)NC(=O)c1ccc(Cl)c(N)c1. The molecule has 1 atom stereocenters. The summed E-state index contributed by atoms with van der Waals surface area (Å²) < 4.78 is 0. The first-order valence-electron chi connectivity index (χ1n) is 4.53. The van der Waals surface area contributed by atoms with E-state index in [1.165, 1.54) is 0 Å². The van der Waals surface area contributed by atoms with Crippen LogP contribution in [0.5, 0.6) is 0 Å². The molecule has 1 amide bonds. The molecule has 0 saturated heterocycles. The summed E-state index contributed by atoms with van der Waals surface area (Å²) in [5.41, 5.74) is 6.48. The highest BCUT2D eigenvalue weighted by atomic mass is 35.5. The zero-order valence-corrected chi connectivity index (χ0v) is 9.21. The van der Waals surface area contributed by atoms with Crippen molar-refractivity contribution >= 4 is 23.2 Å². The summed E-state index contributed by atoms with van der Waals surface area (Å²) >= 11 is 5.75. The van der Waals surface area contributed by atoms with Crippen molar-refractivity contribution in [1.82, 2.24) is 5.32 Å². The molecule has 1 aromatic carbocycles. The minimum absolute atomic E-state index is 0.0746. The van der Waals surface area contributed by atoms with Gasteiger partial charge >= 0.3 is 0 Å². The first-order chi connectivity index (χ1) is 7.04. The standard InChI is InChI=1S/C11H13ClN2O/c1-3-7(2)14-11(15)8-4-5-9(12)10(13)6-8/h3-7H,1,13H2,2H3,(H,14,15). The number of halogens is 1. The fourth-order valence-corrected chi connectivity index (χ4v) is 1.15. The zero-order valence-electron chi connectivity index (χ0n) is 8.46. The molecule has 0 bridgehead atoms. The molecule has 0 heterocycles. The number of nitrogens with two attached hydrogens (primary N) is 1. The maximum atomic E-state index is 11.6. The van der Waals surface area contributed by atoms with Gasteiger partial charge in [-0.1, -0.05) is 17.7 Å². The number of nitrogen functional groups attached to an aromatic ring is 1. The second kappa shape index (κ2) is 4.84. The number of hydrogen-bond acceptors (Lipinski definition) is 2. The van der Waals surface area contributed by atoms with Gasteiger partial charge in [0.2, 0.25) is 0 Å². The molecule has 80 valence electrons. The van der Waals surface area contributed by atoms with Gasteiger partial charge in [0, 0.05) is 11.6 Å². The van der Waals surface area contributed by atoms with E-state index in [4.69, 9.17) is 17.3 Å². The summed E-state index contributed by atoms with van der Waals surface area (Å²) in [6.07, 6.45) is 1.65. The van der Waals surface area contributed by atoms with E-state index in [2.05, 4.69) is 11.9 Å². The predicted molar refractivity (Wildman–Crippen MR) is 63.0 cm³/mol. The van der Waals surface area contributed by atoms with Crippen LogP contribution in [0.4, 0.5) is 5.69 Å². The number of carbonyl (C=O) groups is 1. The lowest BCUT2D eigenvalue weighted by Gasteiger charge is -2.09. The predicted octanol–water partition coefficient (Wildman–Crippen LogP) is 2.23. The second-order valence-corrected chi connectivity index (χ2v) is 3.64. The van der Waals surface area contributed by atoms with Gasteiger partial charge in [0.05, 0.1) is 10.7 Å². The number of anilines is 1. The molecular weight excluding hydrogens is 212 g/mol. The first kappa shape index (κ1) is 11.6. The fourth-order valence-electron chi connectivity index (χ4n) is 1.03. The van der Waals surface area contributed by atoms with Crippen molar-refractivity contribution in [2.24, 2.45) is 0 Å². The van der Waals surface area contributed by atoms with Gasteiger partial charge in [-0.2, -0.15) is 0 Å². The Morgan fingerprint density at radius 2 is 2.33 bits per heavy atom. The molecule has 3 N–H and O–H groups in total. The third kappa shape index (κ3) is 2.99. The molecule has 0 aliphatic rings. The van der Waals surface area contributed by atoms with Crippen LogP contribution < -0.4 is 11.1 Å². The molecule has 0 aliphatic heterocycles. The van der Waals surface area contributed by atoms with Crippen molar-refractivity contribution in [2.45, 2.75) is 13.0 Å². The molecule has 1 aromatic rings. The van der Waals surface area contributed by atoms with Crippen molar-refractivity contribution in [1.29, 1.82) is 0 Å². The lowest BCUT2D eigenvalue weighted by Crippen LogP contribution is -2.30. The quantitative estimate of drug-likeness (QED) is 0.611. The normalized spacial score (nSPS) is 11.9. The smallest absolute Gasteiger partial charge is 0.251 e. The molecule has 0 fully saturated rings. The second-order valence-electron chi connectivity index (χ2n) is 3.23. The molecule has 1 rings (SSSR count). The van der Waals surface area contributed by atoms with Crippen LogP contribution in [0.2, 0.25) is 5.02 Å². The number of carbonyl (C=O) groups excluding carboxylic acids is 1. The molecule has 0 spiro atoms. The first-order valence-corrected chi connectivity index (χ1v) is 4.91. The Hall–Kier alpha value is -1.48. The number of benzene rings is 1. The minimum Gasteiger partial charge on any atom is -0.398 e. The summed E-state index contributed by atoms with van der Waals surface area (Å²) in [4.78, 5) is 11.6. The number of nitrogens with one attached hydrogen (secondary N) is 1. The number of hydrogen-bond donors (Lipinski definition) is 2. The van der Waals surface area contributed by atoms with Crippen LogP contribution >= 0.6 is 11.6 Å². The third-order valence-electron chi connectivity index (χ3n) is 1.97. The van der Waals surface area contributed by atoms with Gasteiger partial charge in [-0.25, -0.2) is 0 Å². The fraction of sp³-hybridized carbons (Fsp3) is 0.182. The van der Waals surface area contributed by atoms with E-state index < -0.39 is 0 Å². The minimum atomic E-state index is -0.189. The molecule has 1 unspecified atom stereocenters. The van der Waals surface area contributed by atoms with Crippen LogP contribution in [0.15, 0.2) is 30.9 Å². The van der Waals surface area contributed by atoms with Crippen LogP contribution in [0, 0.1) is 0 Å². The maximum absolute atomic E-state index is 11.6. The van der Waals surface area contributed by atoms with Gasteiger partial charge in [0.15, 0.2) is 0 Å². The van der Waals surface area contributed by atoms with E-state index in [0.29, 0.717) is 16.3 Å². The van der Waals surface area contributed by atoms with Gasteiger partial charge in [0.1, 0.15) is 0 Å². The highest BCUT2D eigenvalue weighted by Gasteiger charge is 2.08. The van der Waals surface area contributed by atoms with Gasteiger partial charge in [-0.3, -0.25) is 4.79 Å². The summed E-state index contributed by atoms with van der Waals surface area (Å²) in [7, 11) is 0. The van der Waals surface area contributed by atoms with E-state index in [1.807, 2.05) is 6.92 Å². The van der Waals surface area contributed by atoms with E-state index >= 15 is 0 Å². The van der Waals surface area contributed by atoms with Gasteiger partial charge in [-0.05, 0) is 25.1 Å². The average Bonchev–Trinajstić information content (AvgIpc) is 2.21. The molecule has 3 nitrogen and oxygen atoms in total. The van der Waals surface area contributed by atoms with Gasteiger partial charge in [-0.15, -0.1) is 6.58 Å². The van der Waals surface area contributed by atoms with Crippen LogP contribution in [-0.2, 0) is 0 Å². The Balaban J connectivity index is 2.83. The Kier molecular flexibility index (Phi) is 3.74. The zero-order chi connectivity index (χ0) is 11.4. The Morgan fingerprint density at radius 3 is 2.87 bits per heavy atom. The molecular formula is C11H13ClN2O. The Labute approximate surface area is 93.9 Å². The lowest BCUT2D eigenvalue weighted by atomic mass is 10.2. The molecule has 0 aliphatic carbocycles. The van der Waals surface area contributed by atoms with Crippen molar-refractivity contribution < 1.29 is 4.79 Å². The molecule has 0 saturated carbocycles. The third-order valence-corrected chi connectivity index (χ3v) is 2.31. The van der Waals surface area contributed by atoms with Crippen LogP contribution in [0.25, 0.3) is 0 Å². The summed E-state index contributed by atoms with van der Waals surface area (Å²) in [6, 6.07) is 4.70. The topological polar surface area (TPSA) is 55.1 Å². The van der Waals surface area contributed by atoms with Crippen LogP contribution in [0.3, 0.4) is 0 Å². The van der Waals surface area contributed by atoms with Crippen LogP contribution in [0.1, 0.15) is 17.3 Å². The number of amides is 1. The molecule has 4 heteroatoms. The summed E-state index contributed by atoms with van der Waals surface area (Å²) in [6.45, 7) is 5.42. The molecule has 0 radical (unpaired) electrons. The number of rotatable bonds is 3. The highest BCUT2D eigenvalue weighted by Crippen LogP contribution is 2.19. The monoisotopic (exact) mass is 224 g/mol. The van der Waals surface area contributed by atoms with E-state index in [0.717, 1.165) is 0 Å². The van der Waals surface area contributed by atoms with Crippen molar-refractivity contribution in [3.05, 3.63) is 41.4 Å². The maximum Gasteiger partial charge on any atom is 0.251 e. The largest absolute Gasteiger partial charge is 0.398 e. The Bertz CT molecular complexity index is 390. The van der Waals surface area contributed by atoms with E-state index in [-0.39, 0.29) is 11.9 Å².